The molecule has 1 atom stereocenters. The molecular formula is C20H18F2N2O2S2. The maximum Gasteiger partial charge on any atom is 0.387 e. The summed E-state index contributed by atoms with van der Waals surface area (Å²) in [6, 6.07) is 12.5. The third kappa shape index (κ3) is 4.09. The number of carbonyl (C=O) groups is 1. The minimum absolute atomic E-state index is 0.0355. The monoisotopic (exact) mass is 420 g/mol. The first-order chi connectivity index (χ1) is 13.6. The quantitative estimate of drug-likeness (QED) is 0.610. The molecule has 0 radical (unpaired) electrons. The smallest absolute Gasteiger partial charge is 0.387 e. The highest BCUT2D eigenvalue weighted by molar-refractivity contribution is 7.10. The summed E-state index contributed by atoms with van der Waals surface area (Å²) in [6.07, 6.45) is 0.896. The maximum absolute atomic E-state index is 12.7. The molecule has 1 N–H and O–H groups in total. The van der Waals surface area contributed by atoms with Crippen LogP contribution >= 0.6 is 22.7 Å². The van der Waals surface area contributed by atoms with E-state index in [0.29, 0.717) is 0 Å². The Morgan fingerprint density at radius 2 is 2.04 bits per heavy atom. The van der Waals surface area contributed by atoms with Crippen molar-refractivity contribution in [2.75, 3.05) is 18.4 Å². The van der Waals surface area contributed by atoms with Crippen LogP contribution in [0.3, 0.4) is 0 Å². The van der Waals surface area contributed by atoms with E-state index in [1.165, 1.54) is 21.4 Å². The summed E-state index contributed by atoms with van der Waals surface area (Å²) in [5, 5.41) is 6.84. The maximum atomic E-state index is 12.7. The topological polar surface area (TPSA) is 41.6 Å². The van der Waals surface area contributed by atoms with Gasteiger partial charge < -0.3 is 10.1 Å². The van der Waals surface area contributed by atoms with E-state index in [1.807, 2.05) is 11.4 Å². The summed E-state index contributed by atoms with van der Waals surface area (Å²) in [5.74, 6) is -0.301. The largest absolute Gasteiger partial charge is 0.433 e. The molecule has 3 heterocycles. The van der Waals surface area contributed by atoms with E-state index in [1.54, 1.807) is 40.9 Å². The van der Waals surface area contributed by atoms with Gasteiger partial charge in [0.05, 0.1) is 18.3 Å². The normalized spacial score (nSPS) is 16.8. The lowest BCUT2D eigenvalue weighted by atomic mass is 9.98. The van der Waals surface area contributed by atoms with Crippen molar-refractivity contribution in [1.82, 2.24) is 4.90 Å². The van der Waals surface area contributed by atoms with Crippen molar-refractivity contribution >= 4 is 34.3 Å². The number of nitrogens with zero attached hydrogens (tertiary/aromatic N) is 1. The lowest BCUT2D eigenvalue weighted by Crippen LogP contribution is -2.40. The first-order valence-electron chi connectivity index (χ1n) is 8.79. The molecule has 8 heteroatoms. The molecule has 4 nitrogen and oxygen atoms in total. The fourth-order valence-electron chi connectivity index (χ4n) is 3.46. The standard InChI is InChI=1S/C20H18F2N2O2S2/c21-20(22)26-15-5-2-1-4-14(15)23-18(25)12-24-9-7-16-13(8-11-28-16)19(24)17-6-3-10-27-17/h1-6,8,10-11,19-20H,7,9,12H2,(H,23,25)/t19-/m1/s1. The van der Waals surface area contributed by atoms with Crippen LogP contribution < -0.4 is 10.1 Å². The molecule has 28 heavy (non-hydrogen) atoms. The summed E-state index contributed by atoms with van der Waals surface area (Å²) in [7, 11) is 0. The van der Waals surface area contributed by atoms with Gasteiger partial charge in [-0.25, -0.2) is 0 Å². The van der Waals surface area contributed by atoms with Crippen LogP contribution in [0.4, 0.5) is 14.5 Å². The predicted octanol–water partition coefficient (Wildman–Crippen LogP) is 5.00. The first kappa shape index (κ1) is 19.0. The number of amides is 1. The number of ether oxygens (including phenoxy) is 1. The van der Waals surface area contributed by atoms with E-state index in [-0.39, 0.29) is 29.9 Å². The Morgan fingerprint density at radius 1 is 1.18 bits per heavy atom. The molecular weight excluding hydrogens is 402 g/mol. The van der Waals surface area contributed by atoms with Gasteiger partial charge in [-0.15, -0.1) is 22.7 Å². The average Bonchev–Trinajstić information content (AvgIpc) is 3.34. The second-order valence-corrected chi connectivity index (χ2v) is 8.34. The summed E-state index contributed by atoms with van der Waals surface area (Å²) in [4.78, 5) is 17.4. The highest BCUT2D eigenvalue weighted by Crippen LogP contribution is 2.39. The SMILES string of the molecule is O=C(CN1CCc2sccc2[C@@H]1c1cccs1)Nc1ccccc1OC(F)F. The summed E-state index contributed by atoms with van der Waals surface area (Å²) < 4.78 is 29.7. The minimum atomic E-state index is -2.94. The fraction of sp³-hybridized carbons (Fsp3) is 0.250. The number of para-hydroxylation sites is 2. The Balaban J connectivity index is 1.52. The molecule has 1 aliphatic rings. The Bertz CT molecular complexity index is 943. The molecule has 0 saturated heterocycles. The zero-order valence-electron chi connectivity index (χ0n) is 14.8. The van der Waals surface area contributed by atoms with Gasteiger partial charge in [0.1, 0.15) is 5.75 Å². The fourth-order valence-corrected chi connectivity index (χ4v) is 5.24. The molecule has 1 aliphatic heterocycles. The van der Waals surface area contributed by atoms with Gasteiger partial charge in [0.2, 0.25) is 5.91 Å². The van der Waals surface area contributed by atoms with Gasteiger partial charge in [-0.3, -0.25) is 9.69 Å². The molecule has 3 aromatic rings. The molecule has 0 unspecified atom stereocenters. The molecule has 1 amide bonds. The highest BCUT2D eigenvalue weighted by Gasteiger charge is 2.31. The molecule has 146 valence electrons. The number of hydrogen-bond acceptors (Lipinski definition) is 5. The Hall–Kier alpha value is -2.29. The van der Waals surface area contributed by atoms with Crippen LogP contribution in [0.1, 0.15) is 21.4 Å². The zero-order valence-corrected chi connectivity index (χ0v) is 16.4. The average molecular weight is 421 g/mol. The number of benzene rings is 1. The van der Waals surface area contributed by atoms with E-state index < -0.39 is 6.61 Å². The number of alkyl halides is 2. The van der Waals surface area contributed by atoms with Gasteiger partial charge in [0.15, 0.2) is 0 Å². The number of carbonyl (C=O) groups excluding carboxylic acids is 1. The minimum Gasteiger partial charge on any atom is -0.433 e. The van der Waals surface area contributed by atoms with Gasteiger partial charge in [0.25, 0.3) is 0 Å². The van der Waals surface area contributed by atoms with Gasteiger partial charge >= 0.3 is 6.61 Å². The Morgan fingerprint density at radius 3 is 2.82 bits per heavy atom. The molecule has 0 aliphatic carbocycles. The van der Waals surface area contributed by atoms with Crippen molar-refractivity contribution in [3.63, 3.8) is 0 Å². The molecule has 4 rings (SSSR count). The second kappa shape index (κ2) is 8.38. The van der Waals surface area contributed by atoms with Crippen LogP contribution in [-0.2, 0) is 11.2 Å². The van der Waals surface area contributed by atoms with Crippen molar-refractivity contribution in [2.45, 2.75) is 19.1 Å². The van der Waals surface area contributed by atoms with Gasteiger partial charge in [0, 0.05) is 16.3 Å². The van der Waals surface area contributed by atoms with Crippen LogP contribution in [0.25, 0.3) is 0 Å². The zero-order chi connectivity index (χ0) is 19.5. The van der Waals surface area contributed by atoms with Crippen molar-refractivity contribution in [3.8, 4) is 5.75 Å². The summed E-state index contributed by atoms with van der Waals surface area (Å²) in [6.45, 7) is -2.01. The van der Waals surface area contributed by atoms with Crippen LogP contribution in [0.15, 0.2) is 53.2 Å². The number of halogens is 2. The van der Waals surface area contributed by atoms with Crippen LogP contribution in [0.5, 0.6) is 5.75 Å². The van der Waals surface area contributed by atoms with E-state index in [0.717, 1.165) is 13.0 Å². The number of hydrogen-bond donors (Lipinski definition) is 1. The molecule has 2 aromatic heterocycles. The molecule has 1 aromatic carbocycles. The van der Waals surface area contributed by atoms with Crippen LogP contribution in [0, 0.1) is 0 Å². The van der Waals surface area contributed by atoms with E-state index in [9.17, 15) is 13.6 Å². The Labute approximate surface area is 169 Å². The van der Waals surface area contributed by atoms with Crippen LogP contribution in [0.2, 0.25) is 0 Å². The van der Waals surface area contributed by atoms with Crippen molar-refractivity contribution in [2.24, 2.45) is 0 Å². The number of rotatable bonds is 6. The van der Waals surface area contributed by atoms with Crippen molar-refractivity contribution in [1.29, 1.82) is 0 Å². The second-order valence-electron chi connectivity index (χ2n) is 6.36. The third-order valence-corrected chi connectivity index (χ3v) is 6.52. The van der Waals surface area contributed by atoms with Crippen molar-refractivity contribution < 1.29 is 18.3 Å². The molecule has 0 fully saturated rings. The molecule has 0 spiro atoms. The van der Waals surface area contributed by atoms with E-state index in [4.69, 9.17) is 0 Å². The van der Waals surface area contributed by atoms with Crippen LogP contribution in [-0.4, -0.2) is 30.5 Å². The number of anilines is 1. The van der Waals surface area contributed by atoms with Gasteiger partial charge in [-0.2, -0.15) is 8.78 Å². The number of thiophene rings is 2. The van der Waals surface area contributed by atoms with Crippen molar-refractivity contribution in [3.05, 3.63) is 68.5 Å². The Kier molecular flexibility index (Phi) is 5.70. The number of nitrogens with one attached hydrogen (secondary N) is 1. The first-order valence-corrected chi connectivity index (χ1v) is 10.5. The molecule has 0 saturated carbocycles. The summed E-state index contributed by atoms with van der Waals surface area (Å²) >= 11 is 3.42. The van der Waals surface area contributed by atoms with E-state index >= 15 is 0 Å². The summed E-state index contributed by atoms with van der Waals surface area (Å²) in [5.41, 5.74) is 1.49. The predicted molar refractivity (Wildman–Crippen MR) is 107 cm³/mol. The van der Waals surface area contributed by atoms with Gasteiger partial charge in [-0.05, 0) is 47.0 Å². The highest BCUT2D eigenvalue weighted by atomic mass is 32.1. The third-order valence-electron chi connectivity index (χ3n) is 4.60. The van der Waals surface area contributed by atoms with E-state index in [2.05, 4.69) is 32.5 Å². The lowest BCUT2D eigenvalue weighted by molar-refractivity contribution is -0.117. The molecule has 0 bridgehead atoms. The lowest BCUT2D eigenvalue weighted by Gasteiger charge is -2.34. The van der Waals surface area contributed by atoms with Gasteiger partial charge in [-0.1, -0.05) is 18.2 Å². The number of fused-ring (bicyclic) bond motifs is 1.